The van der Waals surface area contributed by atoms with Crippen LogP contribution in [0.1, 0.15) is 47.1 Å². The Labute approximate surface area is 216 Å². The lowest BCUT2D eigenvalue weighted by Crippen LogP contribution is -2.57. The van der Waals surface area contributed by atoms with Crippen molar-refractivity contribution < 1.29 is 23.3 Å². The molecule has 0 fully saturated rings. The number of pyridine rings is 1. The van der Waals surface area contributed by atoms with E-state index in [1.54, 1.807) is 31.5 Å². The summed E-state index contributed by atoms with van der Waals surface area (Å²) in [7, 11) is -5.39. The lowest BCUT2D eigenvalue weighted by atomic mass is 9.68. The molecule has 196 valence electrons. The van der Waals surface area contributed by atoms with Gasteiger partial charge in [0.25, 0.3) is 0 Å². The smallest absolute Gasteiger partial charge is 0.175 e. The van der Waals surface area contributed by atoms with Crippen molar-refractivity contribution in [3.63, 3.8) is 0 Å². The molecule has 4 rings (SSSR count). The van der Waals surface area contributed by atoms with Gasteiger partial charge in [-0.05, 0) is 54.4 Å². The average molecular weight is 524 g/mol. The van der Waals surface area contributed by atoms with Crippen molar-refractivity contribution >= 4 is 18.7 Å². The van der Waals surface area contributed by atoms with Gasteiger partial charge in [0.15, 0.2) is 5.72 Å². The van der Waals surface area contributed by atoms with E-state index in [0.29, 0.717) is 16.8 Å². The van der Waals surface area contributed by atoms with Crippen LogP contribution in [0.4, 0.5) is 4.39 Å². The number of hydrogen-bond donors (Lipinski definition) is 0. The quantitative estimate of drug-likeness (QED) is 0.306. The molecule has 7 nitrogen and oxygen atoms in total. The molecule has 2 aromatic carbocycles. The van der Waals surface area contributed by atoms with Crippen molar-refractivity contribution in [3.8, 4) is 22.4 Å². The molecule has 0 unspecified atom stereocenters. The molecule has 9 heteroatoms. The molecule has 0 spiro atoms. The van der Waals surface area contributed by atoms with Crippen molar-refractivity contribution in [2.45, 2.75) is 54.2 Å². The van der Waals surface area contributed by atoms with Crippen LogP contribution in [0.15, 0.2) is 60.9 Å². The van der Waals surface area contributed by atoms with E-state index in [9.17, 15) is 18.7 Å². The average Bonchev–Trinajstić information content (AvgIpc) is 3.20. The van der Waals surface area contributed by atoms with E-state index < -0.39 is 24.4 Å². The zero-order valence-electron chi connectivity index (χ0n) is 22.1. The second-order valence-corrected chi connectivity index (χ2v) is 12.5. The van der Waals surface area contributed by atoms with E-state index >= 15 is 0 Å². The Balaban J connectivity index is 1.90. The fourth-order valence-electron chi connectivity index (χ4n) is 5.30. The van der Waals surface area contributed by atoms with Gasteiger partial charge in [-0.25, -0.2) is 9.07 Å². The predicted octanol–water partition coefficient (Wildman–Crippen LogP) is 5.80. The minimum Gasteiger partial charge on any atom is -0.790 e. The fraction of sp³-hybridized carbons (Fsp3) is 0.357. The normalized spacial score (nSPS) is 13.4. The van der Waals surface area contributed by atoms with Gasteiger partial charge >= 0.3 is 0 Å². The highest BCUT2D eigenvalue weighted by atomic mass is 31.2. The molecular formula is C28H31FN3O4P-2. The van der Waals surface area contributed by atoms with Gasteiger partial charge in [0.05, 0.1) is 19.0 Å². The number of aromatic nitrogens is 3. The van der Waals surface area contributed by atoms with Gasteiger partial charge in [0, 0.05) is 39.7 Å². The summed E-state index contributed by atoms with van der Waals surface area (Å²) < 4.78 is 32.7. The number of phosphoric ester groups is 1. The van der Waals surface area contributed by atoms with Crippen LogP contribution in [0, 0.1) is 23.6 Å². The Hall–Kier alpha value is -2.90. The van der Waals surface area contributed by atoms with Gasteiger partial charge in [-0.15, -0.1) is 0 Å². The minimum absolute atomic E-state index is 0.279. The zero-order valence-corrected chi connectivity index (χ0v) is 23.0. The molecule has 0 aliphatic rings. The van der Waals surface area contributed by atoms with Gasteiger partial charge in [0.2, 0.25) is 0 Å². The SMILES string of the molecule is Cc1cc(-c2ncccc2-c2ccc3nn(C(OP(=O)([O-])[O-])(C(C)(C)C)C(C)(C)C)cc3c2)ccc1F. The fourth-order valence-corrected chi connectivity index (χ4v) is 6.26. The maximum atomic E-state index is 13.9. The number of nitrogens with zero attached hydrogens (tertiary/aromatic N) is 3. The van der Waals surface area contributed by atoms with Gasteiger partial charge in [-0.2, -0.15) is 5.10 Å². The number of phosphoric acid groups is 1. The molecular weight excluding hydrogens is 492 g/mol. The molecule has 0 bridgehead atoms. The highest BCUT2D eigenvalue weighted by molar-refractivity contribution is 7.43. The van der Waals surface area contributed by atoms with Crippen LogP contribution in [0.25, 0.3) is 33.3 Å². The summed E-state index contributed by atoms with van der Waals surface area (Å²) in [5, 5.41) is 5.41. The first-order chi connectivity index (χ1) is 17.0. The second kappa shape index (κ2) is 9.14. The third kappa shape index (κ3) is 4.99. The molecule has 4 aromatic rings. The van der Waals surface area contributed by atoms with Crippen LogP contribution in [0.3, 0.4) is 0 Å². The van der Waals surface area contributed by atoms with Crippen LogP contribution in [0.2, 0.25) is 0 Å². The first-order valence-corrected chi connectivity index (χ1v) is 13.4. The largest absolute Gasteiger partial charge is 0.790 e. The highest BCUT2D eigenvalue weighted by Crippen LogP contribution is 2.56. The van der Waals surface area contributed by atoms with Crippen molar-refractivity contribution in [1.29, 1.82) is 0 Å². The number of benzene rings is 2. The summed E-state index contributed by atoms with van der Waals surface area (Å²) >= 11 is 0. The summed E-state index contributed by atoms with van der Waals surface area (Å²) in [5.74, 6) is -0.279. The molecule has 0 saturated carbocycles. The van der Waals surface area contributed by atoms with Crippen LogP contribution in [0.5, 0.6) is 0 Å². The topological polar surface area (TPSA) is 103 Å². The number of hydrogen-bond acceptors (Lipinski definition) is 6. The van der Waals surface area contributed by atoms with Crippen molar-refractivity contribution in [2.24, 2.45) is 10.8 Å². The lowest BCUT2D eigenvalue weighted by molar-refractivity contribution is -0.369. The highest BCUT2D eigenvalue weighted by Gasteiger charge is 2.55. The van der Waals surface area contributed by atoms with Crippen molar-refractivity contribution in [2.75, 3.05) is 0 Å². The van der Waals surface area contributed by atoms with Crippen molar-refractivity contribution in [3.05, 3.63) is 72.3 Å². The van der Waals surface area contributed by atoms with Gasteiger partial charge < -0.3 is 18.9 Å². The van der Waals surface area contributed by atoms with Crippen LogP contribution >= 0.6 is 7.82 Å². The van der Waals surface area contributed by atoms with E-state index in [0.717, 1.165) is 22.1 Å². The number of fused-ring (bicyclic) bond motifs is 1. The lowest BCUT2D eigenvalue weighted by Gasteiger charge is -2.55. The van der Waals surface area contributed by atoms with E-state index in [1.807, 2.05) is 71.9 Å². The summed E-state index contributed by atoms with van der Waals surface area (Å²) in [6, 6.07) is 14.3. The molecule has 2 heterocycles. The Bertz CT molecular complexity index is 1500. The molecule has 0 saturated heterocycles. The van der Waals surface area contributed by atoms with Crippen molar-refractivity contribution in [1.82, 2.24) is 14.8 Å². The Kier molecular flexibility index (Phi) is 6.70. The summed E-state index contributed by atoms with van der Waals surface area (Å²) in [5.41, 5.74) is 1.10. The third-order valence-corrected chi connectivity index (χ3v) is 7.14. The molecule has 0 N–H and O–H groups in total. The minimum atomic E-state index is -5.39. The standard InChI is InChI=1S/C28H33FN3O4P/c1-18-15-20(10-12-23(18)29)25-22(9-8-14-30-25)19-11-13-24-21(16-19)17-32(31-24)28(26(2,3)4,27(5,6)7)36-37(33,34)35/h8-17H,1-7H3,(H2,33,34,35)/p-2. The molecule has 37 heavy (non-hydrogen) atoms. The molecule has 2 aromatic heterocycles. The van der Waals surface area contributed by atoms with Crippen LogP contribution < -0.4 is 9.79 Å². The predicted molar refractivity (Wildman–Crippen MR) is 139 cm³/mol. The third-order valence-electron chi connectivity index (χ3n) is 6.65. The summed E-state index contributed by atoms with van der Waals surface area (Å²) in [6.45, 7) is 12.6. The Morgan fingerprint density at radius 2 is 1.59 bits per heavy atom. The molecule has 0 radical (unpaired) electrons. The van der Waals surface area contributed by atoms with E-state index in [-0.39, 0.29) is 5.82 Å². The van der Waals surface area contributed by atoms with Crippen LogP contribution in [-0.4, -0.2) is 14.8 Å². The van der Waals surface area contributed by atoms with Gasteiger partial charge in [-0.1, -0.05) is 53.7 Å². The maximum Gasteiger partial charge on any atom is 0.175 e. The number of halogens is 1. The van der Waals surface area contributed by atoms with E-state index in [1.165, 1.54) is 10.7 Å². The Morgan fingerprint density at radius 3 is 2.19 bits per heavy atom. The van der Waals surface area contributed by atoms with Crippen LogP contribution in [-0.2, 0) is 14.8 Å². The van der Waals surface area contributed by atoms with E-state index in [2.05, 4.69) is 10.1 Å². The maximum absolute atomic E-state index is 13.9. The summed E-state index contributed by atoms with van der Waals surface area (Å²) in [6.07, 6.45) is 3.40. The summed E-state index contributed by atoms with van der Waals surface area (Å²) in [4.78, 5) is 28.5. The monoisotopic (exact) mass is 523 g/mol. The Morgan fingerprint density at radius 1 is 0.946 bits per heavy atom. The molecule has 0 atom stereocenters. The van der Waals surface area contributed by atoms with Gasteiger partial charge in [0.1, 0.15) is 5.82 Å². The molecule has 0 aliphatic carbocycles. The zero-order chi connectivity index (χ0) is 27.4. The first-order valence-electron chi connectivity index (χ1n) is 12.0. The molecule has 0 aliphatic heterocycles. The number of rotatable bonds is 5. The number of aryl methyl sites for hydroxylation is 1. The second-order valence-electron chi connectivity index (χ2n) is 11.4. The van der Waals surface area contributed by atoms with E-state index in [4.69, 9.17) is 4.52 Å². The molecule has 0 amide bonds. The van der Waals surface area contributed by atoms with Gasteiger partial charge in [-0.3, -0.25) is 4.98 Å². The first kappa shape index (κ1) is 27.1.